The molecule has 0 fully saturated rings. The van der Waals surface area contributed by atoms with Gasteiger partial charge >= 0.3 is 6.09 Å². The minimum absolute atomic E-state index is 0.112. The Bertz CT molecular complexity index is 273. The van der Waals surface area contributed by atoms with E-state index in [2.05, 4.69) is 4.74 Å². The molecular weight excluding hydrogens is 170 g/mol. The second-order valence-corrected chi connectivity index (χ2v) is 2.56. The van der Waals surface area contributed by atoms with Gasteiger partial charge in [0.1, 0.15) is 12.7 Å². The van der Waals surface area contributed by atoms with Gasteiger partial charge in [0.15, 0.2) is 0 Å². The predicted octanol–water partition coefficient (Wildman–Crippen LogP) is 0.815. The maximum absolute atomic E-state index is 10.2. The molecule has 0 aliphatic heterocycles. The molecule has 1 unspecified atom stereocenters. The molecule has 0 heterocycles. The van der Waals surface area contributed by atoms with Gasteiger partial charge in [-0.25, -0.2) is 4.79 Å². The summed E-state index contributed by atoms with van der Waals surface area (Å²) in [5.41, 5.74) is 5.44. The average molecular weight is 181 g/mol. The molecule has 1 atom stereocenters. The van der Waals surface area contributed by atoms with E-state index in [-0.39, 0.29) is 6.61 Å². The zero-order valence-corrected chi connectivity index (χ0v) is 7.01. The number of carbonyl (C=O) groups is 1. The highest BCUT2D eigenvalue weighted by atomic mass is 16.6. The average Bonchev–Trinajstić information content (AvgIpc) is 2.15. The standard InChI is InChI=1S/C9H11NO3/c10-9(12)13-6-8(11)7-4-2-1-3-5-7/h1-5,8,11H,6H2,(H2,10,12). The summed E-state index contributed by atoms with van der Waals surface area (Å²) >= 11 is 0. The Labute approximate surface area is 75.9 Å². The van der Waals surface area contributed by atoms with Crippen LogP contribution in [0.25, 0.3) is 0 Å². The van der Waals surface area contributed by atoms with Crippen molar-refractivity contribution in [1.29, 1.82) is 0 Å². The molecular formula is C9H11NO3. The maximum Gasteiger partial charge on any atom is 0.404 e. The summed E-state index contributed by atoms with van der Waals surface area (Å²) in [5.74, 6) is 0. The molecule has 3 N–H and O–H groups in total. The van der Waals surface area contributed by atoms with E-state index in [0.29, 0.717) is 5.56 Å². The van der Waals surface area contributed by atoms with Crippen molar-refractivity contribution >= 4 is 6.09 Å². The molecule has 70 valence electrons. The Kier molecular flexibility index (Phi) is 3.28. The lowest BCUT2D eigenvalue weighted by molar-refractivity contribution is 0.0729. The summed E-state index contributed by atoms with van der Waals surface area (Å²) in [6, 6.07) is 8.92. The van der Waals surface area contributed by atoms with Gasteiger partial charge in [0.2, 0.25) is 0 Å². The number of benzene rings is 1. The van der Waals surface area contributed by atoms with E-state index < -0.39 is 12.2 Å². The fourth-order valence-electron chi connectivity index (χ4n) is 0.932. The van der Waals surface area contributed by atoms with Gasteiger partial charge in [0.25, 0.3) is 0 Å². The van der Waals surface area contributed by atoms with Crippen molar-refractivity contribution < 1.29 is 14.6 Å². The monoisotopic (exact) mass is 181 g/mol. The first-order valence-corrected chi connectivity index (χ1v) is 3.85. The fourth-order valence-corrected chi connectivity index (χ4v) is 0.932. The Hall–Kier alpha value is -1.55. The Balaban J connectivity index is 2.49. The number of aliphatic hydroxyl groups is 1. The van der Waals surface area contributed by atoms with Crippen molar-refractivity contribution in [3.8, 4) is 0 Å². The van der Waals surface area contributed by atoms with Gasteiger partial charge in [-0.05, 0) is 5.56 Å². The zero-order chi connectivity index (χ0) is 9.68. The number of carbonyl (C=O) groups excluding carboxylic acids is 1. The topological polar surface area (TPSA) is 72.6 Å². The first-order chi connectivity index (χ1) is 6.20. The molecule has 0 bridgehead atoms. The van der Waals surface area contributed by atoms with Crippen LogP contribution < -0.4 is 5.73 Å². The van der Waals surface area contributed by atoms with E-state index in [0.717, 1.165) is 0 Å². The minimum Gasteiger partial charge on any atom is -0.447 e. The zero-order valence-electron chi connectivity index (χ0n) is 7.01. The minimum atomic E-state index is -0.880. The number of nitrogens with two attached hydrogens (primary N) is 1. The van der Waals surface area contributed by atoms with Crippen LogP contribution in [-0.2, 0) is 4.74 Å². The molecule has 1 aromatic rings. The predicted molar refractivity (Wildman–Crippen MR) is 46.9 cm³/mol. The SMILES string of the molecule is NC(=O)OCC(O)c1ccccc1. The molecule has 0 spiro atoms. The number of hydrogen-bond donors (Lipinski definition) is 2. The van der Waals surface area contributed by atoms with Gasteiger partial charge in [-0.1, -0.05) is 30.3 Å². The van der Waals surface area contributed by atoms with E-state index in [1.165, 1.54) is 0 Å². The molecule has 0 aliphatic rings. The lowest BCUT2D eigenvalue weighted by Crippen LogP contribution is -2.17. The second-order valence-electron chi connectivity index (χ2n) is 2.56. The number of rotatable bonds is 3. The summed E-state index contributed by atoms with van der Waals surface area (Å²) in [6.45, 7) is -0.112. The normalized spacial score (nSPS) is 12.1. The van der Waals surface area contributed by atoms with E-state index in [1.807, 2.05) is 6.07 Å². The fraction of sp³-hybridized carbons (Fsp3) is 0.222. The summed E-state index contributed by atoms with van der Waals surface area (Å²) < 4.78 is 4.45. The molecule has 4 nitrogen and oxygen atoms in total. The number of ether oxygens (including phenoxy) is 1. The number of amides is 1. The Morgan fingerprint density at radius 3 is 2.62 bits per heavy atom. The molecule has 0 radical (unpaired) electrons. The van der Waals surface area contributed by atoms with Gasteiger partial charge < -0.3 is 15.6 Å². The molecule has 1 aromatic carbocycles. The molecule has 1 rings (SSSR count). The Morgan fingerprint density at radius 2 is 2.08 bits per heavy atom. The van der Waals surface area contributed by atoms with Crippen molar-refractivity contribution in [3.05, 3.63) is 35.9 Å². The van der Waals surface area contributed by atoms with Crippen molar-refractivity contribution in [3.63, 3.8) is 0 Å². The van der Waals surface area contributed by atoms with E-state index in [9.17, 15) is 9.90 Å². The third-order valence-corrected chi connectivity index (χ3v) is 1.57. The van der Waals surface area contributed by atoms with Crippen LogP contribution in [-0.4, -0.2) is 17.8 Å². The quantitative estimate of drug-likeness (QED) is 0.724. The number of aliphatic hydroxyl groups excluding tert-OH is 1. The van der Waals surface area contributed by atoms with Gasteiger partial charge in [-0.3, -0.25) is 0 Å². The van der Waals surface area contributed by atoms with Crippen LogP contribution in [0.4, 0.5) is 4.79 Å². The first-order valence-electron chi connectivity index (χ1n) is 3.85. The van der Waals surface area contributed by atoms with Crippen LogP contribution in [0.2, 0.25) is 0 Å². The molecule has 0 saturated heterocycles. The number of primary amides is 1. The van der Waals surface area contributed by atoms with E-state index >= 15 is 0 Å². The first kappa shape index (κ1) is 9.54. The molecule has 0 aromatic heterocycles. The van der Waals surface area contributed by atoms with Crippen LogP contribution in [0, 0.1) is 0 Å². The van der Waals surface area contributed by atoms with Crippen LogP contribution >= 0.6 is 0 Å². The van der Waals surface area contributed by atoms with Gasteiger partial charge in [0.05, 0.1) is 0 Å². The third-order valence-electron chi connectivity index (χ3n) is 1.57. The van der Waals surface area contributed by atoms with Crippen molar-refractivity contribution in [1.82, 2.24) is 0 Å². The van der Waals surface area contributed by atoms with E-state index in [4.69, 9.17) is 5.73 Å². The largest absolute Gasteiger partial charge is 0.447 e. The maximum atomic E-state index is 10.2. The van der Waals surface area contributed by atoms with Crippen LogP contribution in [0.3, 0.4) is 0 Å². The lowest BCUT2D eigenvalue weighted by Gasteiger charge is -2.09. The summed E-state index contributed by atoms with van der Waals surface area (Å²) in [5, 5.41) is 9.44. The van der Waals surface area contributed by atoms with Crippen LogP contribution in [0.15, 0.2) is 30.3 Å². The van der Waals surface area contributed by atoms with Gasteiger partial charge in [-0.2, -0.15) is 0 Å². The Morgan fingerprint density at radius 1 is 1.46 bits per heavy atom. The van der Waals surface area contributed by atoms with Crippen molar-refractivity contribution in [2.24, 2.45) is 5.73 Å². The summed E-state index contributed by atoms with van der Waals surface area (Å²) in [4.78, 5) is 10.2. The molecule has 13 heavy (non-hydrogen) atoms. The van der Waals surface area contributed by atoms with E-state index in [1.54, 1.807) is 24.3 Å². The third kappa shape index (κ3) is 3.13. The highest BCUT2D eigenvalue weighted by Crippen LogP contribution is 2.11. The molecule has 4 heteroatoms. The second kappa shape index (κ2) is 4.47. The van der Waals surface area contributed by atoms with Crippen molar-refractivity contribution in [2.45, 2.75) is 6.10 Å². The highest BCUT2D eigenvalue weighted by Gasteiger charge is 2.07. The number of hydrogen-bond acceptors (Lipinski definition) is 3. The van der Waals surface area contributed by atoms with Gasteiger partial charge in [-0.15, -0.1) is 0 Å². The molecule has 0 aliphatic carbocycles. The molecule has 1 amide bonds. The smallest absolute Gasteiger partial charge is 0.404 e. The summed E-state index contributed by atoms with van der Waals surface area (Å²) in [7, 11) is 0. The van der Waals surface area contributed by atoms with Gasteiger partial charge in [0, 0.05) is 0 Å². The van der Waals surface area contributed by atoms with Crippen molar-refractivity contribution in [2.75, 3.05) is 6.61 Å². The highest BCUT2D eigenvalue weighted by molar-refractivity contribution is 5.64. The van der Waals surface area contributed by atoms with Crippen LogP contribution in [0.1, 0.15) is 11.7 Å². The lowest BCUT2D eigenvalue weighted by atomic mass is 10.1. The van der Waals surface area contributed by atoms with Crippen LogP contribution in [0.5, 0.6) is 0 Å². The summed E-state index contributed by atoms with van der Waals surface area (Å²) in [6.07, 6.45) is -1.69. The molecule has 0 saturated carbocycles.